The second-order valence-electron chi connectivity index (χ2n) is 3.97. The van der Waals surface area contributed by atoms with E-state index in [4.69, 9.17) is 10.2 Å². The summed E-state index contributed by atoms with van der Waals surface area (Å²) in [5, 5.41) is 16.9. The predicted octanol–water partition coefficient (Wildman–Crippen LogP) is -0.316. The second-order valence-corrected chi connectivity index (χ2v) is 5.96. The van der Waals surface area contributed by atoms with Crippen LogP contribution in [0.25, 0.3) is 0 Å². The van der Waals surface area contributed by atoms with Crippen LogP contribution in [0.4, 0.5) is 0 Å². The molecule has 7 heteroatoms. The van der Waals surface area contributed by atoms with Crippen LogP contribution in [0.1, 0.15) is 32.1 Å². The third kappa shape index (κ3) is 3.43. The minimum absolute atomic E-state index is 0.110. The summed E-state index contributed by atoms with van der Waals surface area (Å²) in [6.07, 6.45) is 2.79. The third-order valence-electron chi connectivity index (χ3n) is 2.76. The van der Waals surface area contributed by atoms with Crippen LogP contribution in [0.5, 0.6) is 0 Å². The van der Waals surface area contributed by atoms with E-state index in [2.05, 4.69) is 4.72 Å². The number of carbonyl (C=O) groups is 1. The molecule has 0 radical (unpaired) electrons. The quantitative estimate of drug-likeness (QED) is 0.600. The molecule has 0 spiro atoms. The van der Waals surface area contributed by atoms with Crippen molar-refractivity contribution < 1.29 is 23.4 Å². The summed E-state index contributed by atoms with van der Waals surface area (Å²) in [5.74, 6) is -1.25. The van der Waals surface area contributed by atoms with Gasteiger partial charge in [0.1, 0.15) is 6.04 Å². The summed E-state index contributed by atoms with van der Waals surface area (Å²) >= 11 is 0. The molecule has 0 aliphatic heterocycles. The molecular formula is C9H17NO5S. The number of hydrogen-bond acceptors (Lipinski definition) is 4. The van der Waals surface area contributed by atoms with Crippen LogP contribution in [0.3, 0.4) is 0 Å². The highest BCUT2D eigenvalue weighted by atomic mass is 32.2. The monoisotopic (exact) mass is 251 g/mol. The molecule has 1 aliphatic carbocycles. The Morgan fingerprint density at radius 2 is 1.94 bits per heavy atom. The average molecular weight is 251 g/mol. The maximum absolute atomic E-state index is 11.8. The Balaban J connectivity index is 2.65. The summed E-state index contributed by atoms with van der Waals surface area (Å²) in [6, 6.07) is -1.23. The van der Waals surface area contributed by atoms with Crippen molar-refractivity contribution in [2.75, 3.05) is 6.61 Å². The number of carboxylic acid groups (broad SMARTS) is 1. The number of aliphatic carboxylic acids is 1. The fraction of sp³-hybridized carbons (Fsp3) is 0.889. The van der Waals surface area contributed by atoms with Crippen LogP contribution in [-0.4, -0.2) is 42.5 Å². The molecule has 1 atom stereocenters. The Kier molecular flexibility index (Phi) is 4.69. The molecule has 0 heterocycles. The van der Waals surface area contributed by atoms with Gasteiger partial charge >= 0.3 is 5.97 Å². The summed E-state index contributed by atoms with van der Waals surface area (Å²) in [5.41, 5.74) is 0. The molecule has 0 saturated heterocycles. The maximum Gasteiger partial charge on any atom is 0.321 e. The summed E-state index contributed by atoms with van der Waals surface area (Å²) in [7, 11) is -3.57. The van der Waals surface area contributed by atoms with E-state index in [1.54, 1.807) is 0 Å². The molecule has 1 aliphatic rings. The third-order valence-corrected chi connectivity index (χ3v) is 4.73. The molecule has 0 aromatic heterocycles. The topological polar surface area (TPSA) is 104 Å². The van der Waals surface area contributed by atoms with E-state index in [0.29, 0.717) is 12.8 Å². The fourth-order valence-corrected chi connectivity index (χ4v) is 3.62. The van der Waals surface area contributed by atoms with Crippen molar-refractivity contribution in [2.45, 2.75) is 43.4 Å². The Morgan fingerprint density at radius 3 is 2.38 bits per heavy atom. The highest BCUT2D eigenvalue weighted by Gasteiger charge is 2.32. The van der Waals surface area contributed by atoms with Crippen molar-refractivity contribution in [3.63, 3.8) is 0 Å². The van der Waals surface area contributed by atoms with E-state index in [9.17, 15) is 13.2 Å². The van der Waals surface area contributed by atoms with E-state index in [-0.39, 0.29) is 13.0 Å². The number of rotatable bonds is 6. The van der Waals surface area contributed by atoms with Crippen molar-refractivity contribution in [3.05, 3.63) is 0 Å². The van der Waals surface area contributed by atoms with Gasteiger partial charge in [0.2, 0.25) is 10.0 Å². The van der Waals surface area contributed by atoms with E-state index >= 15 is 0 Å². The lowest BCUT2D eigenvalue weighted by Gasteiger charge is -2.17. The van der Waals surface area contributed by atoms with Crippen LogP contribution >= 0.6 is 0 Å². The van der Waals surface area contributed by atoms with Gasteiger partial charge < -0.3 is 10.2 Å². The van der Waals surface area contributed by atoms with Gasteiger partial charge in [0.05, 0.1) is 5.25 Å². The number of aliphatic hydroxyl groups excluding tert-OH is 1. The minimum Gasteiger partial charge on any atom is -0.480 e. The van der Waals surface area contributed by atoms with E-state index in [1.807, 2.05) is 0 Å². The van der Waals surface area contributed by atoms with Gasteiger partial charge in [-0.1, -0.05) is 12.8 Å². The summed E-state index contributed by atoms with van der Waals surface area (Å²) in [6.45, 7) is -0.357. The summed E-state index contributed by atoms with van der Waals surface area (Å²) in [4.78, 5) is 10.7. The predicted molar refractivity (Wildman–Crippen MR) is 57.4 cm³/mol. The minimum atomic E-state index is -3.57. The first-order chi connectivity index (χ1) is 7.47. The van der Waals surface area contributed by atoms with Gasteiger partial charge in [0.25, 0.3) is 0 Å². The van der Waals surface area contributed by atoms with Crippen LogP contribution < -0.4 is 4.72 Å². The van der Waals surface area contributed by atoms with Crippen LogP contribution in [-0.2, 0) is 14.8 Å². The largest absolute Gasteiger partial charge is 0.480 e. The fourth-order valence-electron chi connectivity index (χ4n) is 1.86. The van der Waals surface area contributed by atoms with E-state index in [0.717, 1.165) is 12.8 Å². The lowest BCUT2D eigenvalue weighted by molar-refractivity contribution is -0.139. The molecule has 6 nitrogen and oxygen atoms in total. The van der Waals surface area contributed by atoms with Crippen molar-refractivity contribution in [2.24, 2.45) is 0 Å². The van der Waals surface area contributed by atoms with Crippen LogP contribution in [0.15, 0.2) is 0 Å². The number of aliphatic hydroxyl groups is 1. The smallest absolute Gasteiger partial charge is 0.321 e. The van der Waals surface area contributed by atoms with Gasteiger partial charge in [-0.3, -0.25) is 4.79 Å². The Labute approximate surface area is 94.7 Å². The van der Waals surface area contributed by atoms with Gasteiger partial charge in [-0.05, 0) is 19.3 Å². The summed E-state index contributed by atoms with van der Waals surface area (Å²) < 4.78 is 25.7. The van der Waals surface area contributed by atoms with Gasteiger partial charge in [-0.25, -0.2) is 13.1 Å². The molecule has 0 amide bonds. The molecule has 1 rings (SSSR count). The molecule has 0 aromatic carbocycles. The lowest BCUT2D eigenvalue weighted by Crippen LogP contribution is -2.44. The van der Waals surface area contributed by atoms with Crippen LogP contribution in [0.2, 0.25) is 0 Å². The highest BCUT2D eigenvalue weighted by molar-refractivity contribution is 7.90. The van der Waals surface area contributed by atoms with Crippen molar-refractivity contribution in [3.8, 4) is 0 Å². The van der Waals surface area contributed by atoms with Crippen molar-refractivity contribution >= 4 is 16.0 Å². The van der Waals surface area contributed by atoms with Gasteiger partial charge in [-0.2, -0.15) is 0 Å². The Morgan fingerprint density at radius 1 is 1.38 bits per heavy atom. The SMILES string of the molecule is O=C(O)[C@@H](CCO)NS(=O)(=O)C1CCCC1. The zero-order valence-electron chi connectivity index (χ0n) is 8.92. The normalized spacial score (nSPS) is 19.8. The highest BCUT2D eigenvalue weighted by Crippen LogP contribution is 2.24. The maximum atomic E-state index is 11.8. The molecule has 0 unspecified atom stereocenters. The zero-order valence-corrected chi connectivity index (χ0v) is 9.74. The molecule has 0 aromatic rings. The van der Waals surface area contributed by atoms with E-state index < -0.39 is 27.3 Å². The first-order valence-electron chi connectivity index (χ1n) is 5.32. The van der Waals surface area contributed by atoms with Crippen molar-refractivity contribution in [1.82, 2.24) is 4.72 Å². The first kappa shape index (κ1) is 13.4. The number of hydrogen-bond donors (Lipinski definition) is 3. The number of sulfonamides is 1. The molecule has 0 bridgehead atoms. The zero-order chi connectivity index (χ0) is 12.2. The molecule has 94 valence electrons. The number of nitrogens with one attached hydrogen (secondary N) is 1. The molecule has 16 heavy (non-hydrogen) atoms. The van der Waals surface area contributed by atoms with Crippen molar-refractivity contribution in [1.29, 1.82) is 0 Å². The number of carboxylic acids is 1. The molecule has 3 N–H and O–H groups in total. The Hall–Kier alpha value is -0.660. The van der Waals surface area contributed by atoms with Gasteiger partial charge in [0.15, 0.2) is 0 Å². The molecule has 1 saturated carbocycles. The average Bonchev–Trinajstić information content (AvgIpc) is 2.69. The molecular weight excluding hydrogens is 234 g/mol. The Bertz CT molecular complexity index is 334. The first-order valence-corrected chi connectivity index (χ1v) is 6.87. The standard InChI is InChI=1S/C9H17NO5S/c11-6-5-8(9(12)13)10-16(14,15)7-3-1-2-4-7/h7-8,10-11H,1-6H2,(H,12,13)/t8-/m1/s1. The van der Waals surface area contributed by atoms with Crippen LogP contribution in [0, 0.1) is 0 Å². The molecule has 1 fully saturated rings. The lowest BCUT2D eigenvalue weighted by atomic mass is 10.2. The van der Waals surface area contributed by atoms with Gasteiger partial charge in [0, 0.05) is 6.61 Å². The second kappa shape index (κ2) is 5.60. The van der Waals surface area contributed by atoms with E-state index in [1.165, 1.54) is 0 Å². The van der Waals surface area contributed by atoms with Gasteiger partial charge in [-0.15, -0.1) is 0 Å².